The predicted molar refractivity (Wildman–Crippen MR) is 108 cm³/mol. The smallest absolute Gasteiger partial charge is 0.250 e. The Balaban J connectivity index is 1.88. The van der Waals surface area contributed by atoms with E-state index in [-0.39, 0.29) is 11.4 Å². The Morgan fingerprint density at radius 2 is 1.69 bits per heavy atom. The molecule has 1 heterocycles. The van der Waals surface area contributed by atoms with Crippen molar-refractivity contribution in [1.29, 1.82) is 0 Å². The molecule has 3 rings (SSSR count). The third-order valence-electron chi connectivity index (χ3n) is 4.65. The second-order valence-electron chi connectivity index (χ2n) is 6.95. The summed E-state index contributed by atoms with van der Waals surface area (Å²) >= 11 is 18.1. The number of nitrogens with two attached hydrogens (primary N) is 1. The van der Waals surface area contributed by atoms with E-state index in [1.807, 2.05) is 31.2 Å². The molecular formula is C18H22Cl3N5. The fourth-order valence-electron chi connectivity index (χ4n) is 3.10. The molecular weight excluding hydrogens is 393 g/mol. The first kappa shape index (κ1) is 19.6. The van der Waals surface area contributed by atoms with Crippen LogP contribution >= 0.6 is 34.8 Å². The summed E-state index contributed by atoms with van der Waals surface area (Å²) in [6.45, 7) is 2.59. The van der Waals surface area contributed by atoms with Crippen molar-refractivity contribution in [3.63, 3.8) is 0 Å². The van der Waals surface area contributed by atoms with Gasteiger partial charge in [-0.05, 0) is 19.8 Å². The molecule has 1 fully saturated rings. The van der Waals surface area contributed by atoms with E-state index in [4.69, 9.17) is 40.5 Å². The quantitative estimate of drug-likeness (QED) is 0.706. The van der Waals surface area contributed by atoms with Crippen LogP contribution in [-0.2, 0) is 3.79 Å². The van der Waals surface area contributed by atoms with Crippen LogP contribution in [0.4, 0.5) is 5.95 Å². The Kier molecular flexibility index (Phi) is 5.92. The van der Waals surface area contributed by atoms with Crippen LogP contribution in [0.5, 0.6) is 0 Å². The summed E-state index contributed by atoms with van der Waals surface area (Å²) in [6, 6.07) is 7.83. The van der Waals surface area contributed by atoms with Crippen molar-refractivity contribution in [3.8, 4) is 11.4 Å². The van der Waals surface area contributed by atoms with Crippen molar-refractivity contribution in [1.82, 2.24) is 15.0 Å². The fraction of sp³-hybridized carbons (Fsp3) is 0.500. The number of hydrogen-bond acceptors (Lipinski definition) is 5. The summed E-state index contributed by atoms with van der Waals surface area (Å²) in [6.07, 6.45) is 5.48. The minimum atomic E-state index is -1.73. The van der Waals surface area contributed by atoms with Gasteiger partial charge in [0.1, 0.15) is 0 Å². The molecule has 0 unspecified atom stereocenters. The summed E-state index contributed by atoms with van der Waals surface area (Å²) < 4.78 is -1.73. The van der Waals surface area contributed by atoms with Crippen molar-refractivity contribution < 1.29 is 0 Å². The maximum Gasteiger partial charge on any atom is 0.250 e. The van der Waals surface area contributed by atoms with Crippen LogP contribution in [0, 0.1) is 6.92 Å². The lowest BCUT2D eigenvalue weighted by Crippen LogP contribution is -2.47. The zero-order valence-electron chi connectivity index (χ0n) is 14.6. The zero-order valence-corrected chi connectivity index (χ0v) is 16.9. The summed E-state index contributed by atoms with van der Waals surface area (Å²) in [5.41, 5.74) is 8.20. The summed E-state index contributed by atoms with van der Waals surface area (Å²) in [4.78, 5) is 13.1. The van der Waals surface area contributed by atoms with Crippen molar-refractivity contribution in [3.05, 3.63) is 35.7 Å². The van der Waals surface area contributed by atoms with Gasteiger partial charge in [0.25, 0.3) is 0 Å². The minimum Gasteiger partial charge on any atom is -0.352 e. The molecule has 1 aromatic carbocycles. The van der Waals surface area contributed by atoms with Gasteiger partial charge in [-0.1, -0.05) is 83.9 Å². The Bertz CT molecular complexity index is 752. The number of aromatic nitrogens is 3. The number of alkyl halides is 3. The van der Waals surface area contributed by atoms with Crippen molar-refractivity contribution in [2.24, 2.45) is 5.73 Å². The number of anilines is 1. The van der Waals surface area contributed by atoms with Gasteiger partial charge in [0, 0.05) is 17.6 Å². The van der Waals surface area contributed by atoms with Gasteiger partial charge in [0.2, 0.25) is 9.74 Å². The summed E-state index contributed by atoms with van der Waals surface area (Å²) in [5, 5.41) is 3.23. The monoisotopic (exact) mass is 413 g/mol. The highest BCUT2D eigenvalue weighted by atomic mass is 35.6. The van der Waals surface area contributed by atoms with Crippen LogP contribution in [0.25, 0.3) is 11.4 Å². The van der Waals surface area contributed by atoms with Crippen LogP contribution in [0.1, 0.15) is 43.5 Å². The van der Waals surface area contributed by atoms with E-state index in [1.54, 1.807) is 0 Å². The Hall–Kier alpha value is -1.14. The van der Waals surface area contributed by atoms with Gasteiger partial charge in [-0.25, -0.2) is 4.98 Å². The van der Waals surface area contributed by atoms with Gasteiger partial charge in [-0.15, -0.1) is 0 Å². The lowest BCUT2D eigenvalue weighted by molar-refractivity contribution is 0.310. The van der Waals surface area contributed by atoms with Crippen LogP contribution < -0.4 is 11.1 Å². The SMILES string of the molecule is Cc1ccc(-c2nc(NCC3(N)CCCCC3)nc(C(Cl)(Cl)Cl)n2)cc1. The molecule has 0 amide bonds. The third kappa shape index (κ3) is 4.97. The number of aryl methyl sites for hydroxylation is 1. The molecule has 0 saturated heterocycles. The van der Waals surface area contributed by atoms with E-state index in [2.05, 4.69) is 20.3 Å². The molecule has 0 radical (unpaired) electrons. The molecule has 0 spiro atoms. The molecule has 26 heavy (non-hydrogen) atoms. The first-order chi connectivity index (χ1) is 12.3. The second kappa shape index (κ2) is 7.85. The van der Waals surface area contributed by atoms with Gasteiger partial charge in [-0.2, -0.15) is 9.97 Å². The first-order valence-electron chi connectivity index (χ1n) is 8.68. The second-order valence-corrected chi connectivity index (χ2v) is 9.23. The highest BCUT2D eigenvalue weighted by molar-refractivity contribution is 6.66. The molecule has 0 aliphatic heterocycles. The summed E-state index contributed by atoms with van der Waals surface area (Å²) in [5.74, 6) is 0.913. The van der Waals surface area contributed by atoms with Gasteiger partial charge < -0.3 is 11.1 Å². The minimum absolute atomic E-state index is 0.0882. The van der Waals surface area contributed by atoms with Crippen molar-refractivity contribution >= 4 is 40.8 Å². The van der Waals surface area contributed by atoms with E-state index in [0.717, 1.165) is 36.8 Å². The lowest BCUT2D eigenvalue weighted by atomic mass is 9.82. The van der Waals surface area contributed by atoms with Gasteiger partial charge in [0.05, 0.1) is 0 Å². The van der Waals surface area contributed by atoms with Gasteiger partial charge >= 0.3 is 0 Å². The number of halogens is 3. The van der Waals surface area contributed by atoms with Crippen LogP contribution in [0.2, 0.25) is 0 Å². The predicted octanol–water partition coefficient (Wildman–Crippen LogP) is 4.75. The maximum atomic E-state index is 6.48. The molecule has 0 atom stereocenters. The number of benzene rings is 1. The third-order valence-corrected chi connectivity index (χ3v) is 5.15. The molecule has 2 aromatic rings. The van der Waals surface area contributed by atoms with E-state index >= 15 is 0 Å². The van der Waals surface area contributed by atoms with E-state index < -0.39 is 3.79 Å². The standard InChI is InChI=1S/C18H22Cl3N5/c1-12-5-7-13(8-6-12)14-24-15(18(19,20)21)26-16(25-14)23-11-17(22)9-3-2-4-10-17/h5-8H,2-4,9-11,22H2,1H3,(H,23,24,25,26). The van der Waals surface area contributed by atoms with E-state index in [9.17, 15) is 0 Å². The molecule has 1 saturated carbocycles. The average Bonchev–Trinajstić information content (AvgIpc) is 2.60. The number of nitrogens with one attached hydrogen (secondary N) is 1. The van der Waals surface area contributed by atoms with E-state index in [0.29, 0.717) is 18.3 Å². The Morgan fingerprint density at radius 3 is 2.31 bits per heavy atom. The van der Waals surface area contributed by atoms with Crippen molar-refractivity contribution in [2.45, 2.75) is 48.4 Å². The van der Waals surface area contributed by atoms with Gasteiger partial charge in [-0.3, -0.25) is 0 Å². The van der Waals surface area contributed by atoms with Crippen LogP contribution in [0.3, 0.4) is 0 Å². The lowest BCUT2D eigenvalue weighted by Gasteiger charge is -2.33. The average molecular weight is 415 g/mol. The number of rotatable bonds is 4. The fourth-order valence-corrected chi connectivity index (χ4v) is 3.35. The zero-order chi connectivity index (χ0) is 18.8. The highest BCUT2D eigenvalue weighted by Gasteiger charge is 2.30. The molecule has 1 aliphatic rings. The molecule has 140 valence electrons. The van der Waals surface area contributed by atoms with Gasteiger partial charge in [0.15, 0.2) is 11.6 Å². The number of hydrogen-bond donors (Lipinski definition) is 2. The molecule has 1 aliphatic carbocycles. The van der Waals surface area contributed by atoms with Crippen LogP contribution in [0.15, 0.2) is 24.3 Å². The highest BCUT2D eigenvalue weighted by Crippen LogP contribution is 2.37. The topological polar surface area (TPSA) is 76.7 Å². The normalized spacial score (nSPS) is 17.1. The molecule has 5 nitrogen and oxygen atoms in total. The van der Waals surface area contributed by atoms with Crippen LogP contribution in [-0.4, -0.2) is 27.0 Å². The molecule has 1 aromatic heterocycles. The van der Waals surface area contributed by atoms with E-state index in [1.165, 1.54) is 6.42 Å². The van der Waals surface area contributed by atoms with Crippen molar-refractivity contribution in [2.75, 3.05) is 11.9 Å². The molecule has 3 N–H and O–H groups in total. The molecule has 0 bridgehead atoms. The number of nitrogens with zero attached hydrogens (tertiary/aromatic N) is 3. The Morgan fingerprint density at radius 1 is 1.04 bits per heavy atom. The largest absolute Gasteiger partial charge is 0.352 e. The molecule has 8 heteroatoms. The maximum absolute atomic E-state index is 6.48. The first-order valence-corrected chi connectivity index (χ1v) is 9.82. The summed E-state index contributed by atoms with van der Waals surface area (Å²) in [7, 11) is 0. The Labute approximate surface area is 168 Å².